The zero-order valence-electron chi connectivity index (χ0n) is 8.08. The zero-order chi connectivity index (χ0) is 11.7. The fraction of sp³-hybridized carbons (Fsp3) is 0.111. The van der Waals surface area contributed by atoms with Gasteiger partial charge in [0.1, 0.15) is 4.34 Å². The van der Waals surface area contributed by atoms with Gasteiger partial charge in [-0.3, -0.25) is 4.79 Å². The second-order valence-electron chi connectivity index (χ2n) is 2.96. The first kappa shape index (κ1) is 11.9. The minimum atomic E-state index is -0.143. The van der Waals surface area contributed by atoms with Crippen LogP contribution in [0.15, 0.2) is 11.4 Å². The standard InChI is InChI=1S/C9H6Cl2N2OS2/c1-4(14)12-9-13-6(3-15-9)5-2-7(10)16-8(5)11/h2-3H,1H3,(H,12,13,14). The molecule has 0 unspecified atom stereocenters. The third-order valence-corrected chi connectivity index (χ3v) is 3.97. The number of nitrogens with zero attached hydrogens (tertiary/aromatic N) is 1. The lowest BCUT2D eigenvalue weighted by molar-refractivity contribution is -0.114. The van der Waals surface area contributed by atoms with Crippen LogP contribution >= 0.6 is 45.9 Å². The van der Waals surface area contributed by atoms with Crippen molar-refractivity contribution in [2.45, 2.75) is 6.92 Å². The number of hydrogen-bond acceptors (Lipinski definition) is 4. The van der Waals surface area contributed by atoms with E-state index in [0.717, 1.165) is 11.3 Å². The molecule has 2 rings (SSSR count). The molecule has 0 aromatic carbocycles. The highest BCUT2D eigenvalue weighted by atomic mass is 35.5. The summed E-state index contributed by atoms with van der Waals surface area (Å²) in [5.74, 6) is -0.143. The van der Waals surface area contributed by atoms with Crippen LogP contribution in [0.4, 0.5) is 5.13 Å². The molecule has 0 aliphatic heterocycles. The van der Waals surface area contributed by atoms with Gasteiger partial charge in [-0.2, -0.15) is 0 Å². The highest BCUT2D eigenvalue weighted by molar-refractivity contribution is 7.20. The maximum atomic E-state index is 10.8. The van der Waals surface area contributed by atoms with E-state index < -0.39 is 0 Å². The van der Waals surface area contributed by atoms with Crippen molar-refractivity contribution >= 4 is 56.9 Å². The van der Waals surface area contributed by atoms with Crippen molar-refractivity contribution in [3.05, 3.63) is 20.1 Å². The number of amides is 1. The molecule has 7 heteroatoms. The van der Waals surface area contributed by atoms with Gasteiger partial charge in [-0.25, -0.2) is 4.98 Å². The predicted octanol–water partition coefficient (Wildman–Crippen LogP) is 4.14. The molecule has 2 aromatic heterocycles. The lowest BCUT2D eigenvalue weighted by atomic mass is 10.3. The molecule has 1 N–H and O–H groups in total. The molecule has 0 radical (unpaired) electrons. The van der Waals surface area contributed by atoms with Crippen LogP contribution < -0.4 is 5.32 Å². The summed E-state index contributed by atoms with van der Waals surface area (Å²) in [6, 6.07) is 1.77. The van der Waals surface area contributed by atoms with Crippen LogP contribution in [0.2, 0.25) is 8.67 Å². The molecular weight excluding hydrogens is 287 g/mol. The molecule has 0 saturated carbocycles. The molecule has 1 amide bonds. The summed E-state index contributed by atoms with van der Waals surface area (Å²) in [6.07, 6.45) is 0. The Hall–Kier alpha value is -0.620. The lowest BCUT2D eigenvalue weighted by Crippen LogP contribution is -2.04. The van der Waals surface area contributed by atoms with Crippen molar-refractivity contribution in [2.75, 3.05) is 5.32 Å². The van der Waals surface area contributed by atoms with Gasteiger partial charge in [-0.1, -0.05) is 23.2 Å². The van der Waals surface area contributed by atoms with Gasteiger partial charge >= 0.3 is 0 Å². The quantitative estimate of drug-likeness (QED) is 0.904. The molecule has 0 bridgehead atoms. The summed E-state index contributed by atoms with van der Waals surface area (Å²) in [6.45, 7) is 1.44. The molecule has 0 spiro atoms. The van der Waals surface area contributed by atoms with Crippen molar-refractivity contribution < 1.29 is 4.79 Å². The number of thiophene rings is 1. The Balaban J connectivity index is 2.31. The van der Waals surface area contributed by atoms with E-state index in [-0.39, 0.29) is 5.91 Å². The summed E-state index contributed by atoms with van der Waals surface area (Å²) in [5, 5.41) is 5.00. The lowest BCUT2D eigenvalue weighted by Gasteiger charge is -1.94. The van der Waals surface area contributed by atoms with Crippen molar-refractivity contribution in [1.82, 2.24) is 4.98 Å². The maximum Gasteiger partial charge on any atom is 0.223 e. The van der Waals surface area contributed by atoms with Crippen molar-refractivity contribution in [1.29, 1.82) is 0 Å². The molecular formula is C9H6Cl2N2OS2. The van der Waals surface area contributed by atoms with E-state index in [9.17, 15) is 4.79 Å². The number of carbonyl (C=O) groups excluding carboxylic acids is 1. The third kappa shape index (κ3) is 2.55. The largest absolute Gasteiger partial charge is 0.302 e. The van der Waals surface area contributed by atoms with Crippen LogP contribution in [-0.2, 0) is 4.79 Å². The van der Waals surface area contributed by atoms with Crippen LogP contribution in [0.25, 0.3) is 11.3 Å². The molecule has 2 aromatic rings. The first-order valence-electron chi connectivity index (χ1n) is 4.24. The molecule has 0 fully saturated rings. The number of halogens is 2. The summed E-state index contributed by atoms with van der Waals surface area (Å²) in [4.78, 5) is 15.1. The Bertz CT molecular complexity index is 535. The smallest absolute Gasteiger partial charge is 0.223 e. The Kier molecular flexibility index (Phi) is 3.49. The molecule has 0 saturated heterocycles. The van der Waals surface area contributed by atoms with Gasteiger partial charge < -0.3 is 5.32 Å². The highest BCUT2D eigenvalue weighted by Gasteiger charge is 2.12. The van der Waals surface area contributed by atoms with E-state index in [2.05, 4.69) is 10.3 Å². The van der Waals surface area contributed by atoms with Gasteiger partial charge in [0, 0.05) is 17.9 Å². The molecule has 3 nitrogen and oxygen atoms in total. The van der Waals surface area contributed by atoms with Gasteiger partial charge in [-0.05, 0) is 6.07 Å². The second kappa shape index (κ2) is 4.71. The summed E-state index contributed by atoms with van der Waals surface area (Å²) in [5.41, 5.74) is 1.52. The van der Waals surface area contributed by atoms with Crippen molar-refractivity contribution in [2.24, 2.45) is 0 Å². The molecule has 16 heavy (non-hydrogen) atoms. The van der Waals surface area contributed by atoms with Crippen LogP contribution in [0.3, 0.4) is 0 Å². The molecule has 84 valence electrons. The average Bonchev–Trinajstić information content (AvgIpc) is 2.72. The third-order valence-electron chi connectivity index (χ3n) is 1.72. The van der Waals surface area contributed by atoms with E-state index in [4.69, 9.17) is 23.2 Å². The van der Waals surface area contributed by atoms with Crippen molar-refractivity contribution in [3.63, 3.8) is 0 Å². The number of hydrogen-bond donors (Lipinski definition) is 1. The van der Waals surface area contributed by atoms with Gasteiger partial charge in [0.2, 0.25) is 5.91 Å². The SMILES string of the molecule is CC(=O)Nc1nc(-c2cc(Cl)sc2Cl)cs1. The molecule has 0 atom stereocenters. The Morgan fingerprint density at radius 2 is 2.25 bits per heavy atom. The van der Waals surface area contributed by atoms with E-state index >= 15 is 0 Å². The minimum Gasteiger partial charge on any atom is -0.302 e. The number of carbonyl (C=O) groups is 1. The minimum absolute atomic E-state index is 0.143. The number of aromatic nitrogens is 1. The van der Waals surface area contributed by atoms with E-state index in [1.54, 1.807) is 6.07 Å². The van der Waals surface area contributed by atoms with Gasteiger partial charge in [0.05, 0.1) is 10.0 Å². The van der Waals surface area contributed by atoms with Gasteiger partial charge in [0.25, 0.3) is 0 Å². The summed E-state index contributed by atoms with van der Waals surface area (Å²) < 4.78 is 1.22. The Morgan fingerprint density at radius 3 is 2.81 bits per heavy atom. The first-order chi connectivity index (χ1) is 7.56. The second-order valence-corrected chi connectivity index (χ2v) is 6.10. The van der Waals surface area contributed by atoms with Crippen LogP contribution in [-0.4, -0.2) is 10.9 Å². The molecule has 0 aliphatic carbocycles. The summed E-state index contributed by atoms with van der Waals surface area (Å²) in [7, 11) is 0. The highest BCUT2D eigenvalue weighted by Crippen LogP contribution is 2.38. The van der Waals surface area contributed by atoms with Crippen LogP contribution in [0.1, 0.15) is 6.92 Å². The topological polar surface area (TPSA) is 42.0 Å². The zero-order valence-corrected chi connectivity index (χ0v) is 11.2. The Morgan fingerprint density at radius 1 is 1.50 bits per heavy atom. The Labute approximate surface area is 110 Å². The number of rotatable bonds is 2. The number of thiazole rings is 1. The number of nitrogens with one attached hydrogen (secondary N) is 1. The number of anilines is 1. The van der Waals surface area contributed by atoms with Crippen LogP contribution in [0, 0.1) is 0 Å². The summed E-state index contributed by atoms with van der Waals surface area (Å²) >= 11 is 14.5. The van der Waals surface area contributed by atoms with E-state index in [0.29, 0.717) is 13.8 Å². The van der Waals surface area contributed by atoms with Gasteiger partial charge in [0.15, 0.2) is 5.13 Å². The first-order valence-corrected chi connectivity index (χ1v) is 6.70. The van der Waals surface area contributed by atoms with E-state index in [1.165, 1.54) is 29.6 Å². The molecule has 0 aliphatic rings. The maximum absolute atomic E-state index is 10.8. The van der Waals surface area contributed by atoms with E-state index in [1.807, 2.05) is 5.38 Å². The monoisotopic (exact) mass is 292 g/mol. The fourth-order valence-corrected chi connectivity index (χ4v) is 3.36. The van der Waals surface area contributed by atoms with Gasteiger partial charge in [-0.15, -0.1) is 22.7 Å². The normalized spacial score (nSPS) is 10.4. The molecule has 2 heterocycles. The predicted molar refractivity (Wildman–Crippen MR) is 69.8 cm³/mol. The van der Waals surface area contributed by atoms with Crippen LogP contribution in [0.5, 0.6) is 0 Å². The van der Waals surface area contributed by atoms with Crippen molar-refractivity contribution in [3.8, 4) is 11.3 Å². The average molecular weight is 293 g/mol. The fourth-order valence-electron chi connectivity index (χ4n) is 1.12.